The molecule has 0 spiro atoms. The van der Waals surface area contributed by atoms with E-state index in [-0.39, 0.29) is 31.1 Å². The van der Waals surface area contributed by atoms with Crippen LogP contribution in [0.3, 0.4) is 0 Å². The fraction of sp³-hybridized carbons (Fsp3) is 0.652. The minimum atomic E-state index is -0.826. The molecule has 1 aliphatic heterocycles. The molecule has 36 heavy (non-hydrogen) atoms. The SMILES string of the molecule is CSc1nc(COC(C)=O)c(NC(=O)OC(C)(C)C)c(N2CCN(C(=O)OC(C)(C)C)C(C#N)C2)n1. The zero-order valence-corrected chi connectivity index (χ0v) is 22.8. The molecule has 1 aromatic rings. The molecule has 1 saturated heterocycles. The van der Waals surface area contributed by atoms with Gasteiger partial charge < -0.3 is 19.1 Å². The number of ether oxygens (including phenoxy) is 3. The lowest BCUT2D eigenvalue weighted by Gasteiger charge is -2.39. The summed E-state index contributed by atoms with van der Waals surface area (Å²) in [5.74, 6) is -0.189. The summed E-state index contributed by atoms with van der Waals surface area (Å²) in [5.41, 5.74) is -0.991. The van der Waals surface area contributed by atoms with Gasteiger partial charge in [0, 0.05) is 20.0 Å². The summed E-state index contributed by atoms with van der Waals surface area (Å²) in [6.45, 7) is 12.1. The molecular weight excluding hydrogens is 488 g/mol. The molecule has 0 aliphatic carbocycles. The van der Waals surface area contributed by atoms with E-state index in [4.69, 9.17) is 14.2 Å². The van der Waals surface area contributed by atoms with Crippen LogP contribution in [0.1, 0.15) is 54.2 Å². The predicted octanol–water partition coefficient (Wildman–Crippen LogP) is 3.56. The van der Waals surface area contributed by atoms with Crippen LogP contribution in [-0.2, 0) is 25.6 Å². The normalized spacial score (nSPS) is 16.1. The highest BCUT2D eigenvalue weighted by Crippen LogP contribution is 2.32. The molecular formula is C23H34N6O6S. The Balaban J connectivity index is 2.45. The maximum Gasteiger partial charge on any atom is 0.412 e. The second kappa shape index (κ2) is 11.6. The van der Waals surface area contributed by atoms with E-state index in [0.717, 1.165) is 0 Å². The monoisotopic (exact) mass is 522 g/mol. The van der Waals surface area contributed by atoms with E-state index in [1.54, 1.807) is 52.7 Å². The highest BCUT2D eigenvalue weighted by Gasteiger charge is 2.35. The number of carbonyl (C=O) groups excluding carboxylic acids is 3. The molecule has 2 amide bonds. The number of nitrogens with zero attached hydrogens (tertiary/aromatic N) is 5. The standard InChI is InChI=1S/C23H34N6O6S/c1-14(30)33-13-16-17(26-20(31)34-22(2,3)4)18(27-19(25-16)36-8)28-9-10-29(15(11-24)12-28)21(32)35-23(5,6)7/h15H,9-10,12-13H2,1-8H3,(H,26,31). The van der Waals surface area contributed by atoms with Crippen molar-refractivity contribution < 1.29 is 28.6 Å². The van der Waals surface area contributed by atoms with E-state index >= 15 is 0 Å². The van der Waals surface area contributed by atoms with Gasteiger partial charge in [0.25, 0.3) is 0 Å². The van der Waals surface area contributed by atoms with E-state index in [1.165, 1.54) is 23.6 Å². The molecule has 2 heterocycles. The van der Waals surface area contributed by atoms with Gasteiger partial charge in [-0.2, -0.15) is 5.26 Å². The van der Waals surface area contributed by atoms with Crippen LogP contribution < -0.4 is 10.2 Å². The first kappa shape index (κ1) is 29.0. The van der Waals surface area contributed by atoms with Crippen LogP contribution in [0.4, 0.5) is 21.1 Å². The summed E-state index contributed by atoms with van der Waals surface area (Å²) in [6.07, 6.45) is 0.468. The van der Waals surface area contributed by atoms with Crippen molar-refractivity contribution in [3.63, 3.8) is 0 Å². The molecule has 1 fully saturated rings. The fourth-order valence-corrected chi connectivity index (χ4v) is 3.60. The number of carbonyl (C=O) groups is 3. The lowest BCUT2D eigenvalue weighted by Crippen LogP contribution is -2.56. The summed E-state index contributed by atoms with van der Waals surface area (Å²) >= 11 is 1.27. The lowest BCUT2D eigenvalue weighted by atomic mass is 10.1. The maximum atomic E-state index is 12.7. The molecule has 198 valence electrons. The molecule has 1 atom stereocenters. The summed E-state index contributed by atoms with van der Waals surface area (Å²) in [7, 11) is 0. The van der Waals surface area contributed by atoms with Gasteiger partial charge in [-0.15, -0.1) is 0 Å². The number of hydrogen-bond acceptors (Lipinski definition) is 11. The molecule has 2 rings (SSSR count). The van der Waals surface area contributed by atoms with Crippen molar-refractivity contribution in [3.8, 4) is 6.07 Å². The molecule has 0 bridgehead atoms. The van der Waals surface area contributed by atoms with Crippen molar-refractivity contribution in [2.75, 3.05) is 36.1 Å². The van der Waals surface area contributed by atoms with Crippen LogP contribution in [0, 0.1) is 11.3 Å². The van der Waals surface area contributed by atoms with Crippen molar-refractivity contribution in [2.45, 2.75) is 77.5 Å². The number of nitriles is 1. The van der Waals surface area contributed by atoms with E-state index in [0.29, 0.717) is 17.5 Å². The van der Waals surface area contributed by atoms with Crippen molar-refractivity contribution in [2.24, 2.45) is 0 Å². The average Bonchev–Trinajstić information content (AvgIpc) is 2.75. The smallest absolute Gasteiger partial charge is 0.412 e. The third-order valence-corrected chi connectivity index (χ3v) is 5.17. The first-order valence-electron chi connectivity index (χ1n) is 11.4. The minimum Gasteiger partial charge on any atom is -0.459 e. The molecule has 1 N–H and O–H groups in total. The van der Waals surface area contributed by atoms with E-state index < -0.39 is 35.4 Å². The van der Waals surface area contributed by atoms with Crippen molar-refractivity contribution in [1.29, 1.82) is 5.26 Å². The maximum absolute atomic E-state index is 12.7. The van der Waals surface area contributed by atoms with Crippen LogP contribution >= 0.6 is 11.8 Å². The van der Waals surface area contributed by atoms with Crippen LogP contribution in [0.2, 0.25) is 0 Å². The van der Waals surface area contributed by atoms with Crippen LogP contribution in [-0.4, -0.2) is 76.2 Å². The highest BCUT2D eigenvalue weighted by molar-refractivity contribution is 7.98. The number of esters is 1. The van der Waals surface area contributed by atoms with Gasteiger partial charge in [0.2, 0.25) is 0 Å². The summed E-state index contributed by atoms with van der Waals surface area (Å²) < 4.78 is 16.0. The molecule has 0 aromatic carbocycles. The Morgan fingerprint density at radius 1 is 1.11 bits per heavy atom. The molecule has 12 nitrogen and oxygen atoms in total. The number of amides is 2. The lowest BCUT2D eigenvalue weighted by molar-refractivity contribution is -0.142. The number of rotatable bonds is 5. The second-order valence-corrected chi connectivity index (χ2v) is 10.8. The third kappa shape index (κ3) is 8.44. The fourth-order valence-electron chi connectivity index (χ4n) is 3.23. The number of aromatic nitrogens is 2. The Bertz CT molecular complexity index is 1030. The highest BCUT2D eigenvalue weighted by atomic mass is 32.2. The molecule has 0 radical (unpaired) electrons. The van der Waals surface area contributed by atoms with Gasteiger partial charge in [-0.3, -0.25) is 15.0 Å². The number of anilines is 2. The quantitative estimate of drug-likeness (QED) is 0.262. The predicted molar refractivity (Wildman–Crippen MR) is 134 cm³/mol. The molecule has 1 unspecified atom stereocenters. The molecule has 1 aromatic heterocycles. The van der Waals surface area contributed by atoms with Gasteiger partial charge >= 0.3 is 18.2 Å². The topological polar surface area (TPSA) is 147 Å². The molecule has 1 aliphatic rings. The van der Waals surface area contributed by atoms with Gasteiger partial charge in [0.1, 0.15) is 35.2 Å². The Hall–Kier alpha value is -3.27. The first-order valence-corrected chi connectivity index (χ1v) is 12.6. The van der Waals surface area contributed by atoms with Gasteiger partial charge in [-0.25, -0.2) is 19.6 Å². The van der Waals surface area contributed by atoms with E-state index in [2.05, 4.69) is 21.4 Å². The Labute approximate surface area is 215 Å². The van der Waals surface area contributed by atoms with Gasteiger partial charge in [0.15, 0.2) is 11.0 Å². The van der Waals surface area contributed by atoms with E-state index in [1.807, 2.05) is 0 Å². The summed E-state index contributed by atoms with van der Waals surface area (Å²) in [4.78, 5) is 48.9. The van der Waals surface area contributed by atoms with Crippen LogP contribution in [0.25, 0.3) is 0 Å². The molecule has 0 saturated carbocycles. The van der Waals surface area contributed by atoms with Gasteiger partial charge in [0.05, 0.1) is 12.6 Å². The van der Waals surface area contributed by atoms with Crippen molar-refractivity contribution in [3.05, 3.63) is 5.69 Å². The third-order valence-electron chi connectivity index (χ3n) is 4.62. The molecule has 13 heteroatoms. The van der Waals surface area contributed by atoms with Crippen LogP contribution in [0.15, 0.2) is 5.16 Å². The number of piperazine rings is 1. The zero-order valence-electron chi connectivity index (χ0n) is 22.0. The largest absolute Gasteiger partial charge is 0.459 e. The van der Waals surface area contributed by atoms with Crippen LogP contribution in [0.5, 0.6) is 0 Å². The second-order valence-electron chi connectivity index (χ2n) is 10.0. The van der Waals surface area contributed by atoms with Crippen molar-refractivity contribution >= 4 is 41.4 Å². The summed E-state index contributed by atoms with van der Waals surface area (Å²) in [6, 6.07) is 1.32. The van der Waals surface area contributed by atoms with Gasteiger partial charge in [-0.05, 0) is 47.8 Å². The number of hydrogen-bond donors (Lipinski definition) is 1. The van der Waals surface area contributed by atoms with E-state index in [9.17, 15) is 19.6 Å². The Kier molecular flexibility index (Phi) is 9.37. The summed E-state index contributed by atoms with van der Waals surface area (Å²) in [5, 5.41) is 12.9. The average molecular weight is 523 g/mol. The Morgan fingerprint density at radius 2 is 1.75 bits per heavy atom. The van der Waals surface area contributed by atoms with Gasteiger partial charge in [-0.1, -0.05) is 11.8 Å². The number of thioether (sulfide) groups is 1. The van der Waals surface area contributed by atoms with Crippen molar-refractivity contribution in [1.82, 2.24) is 14.9 Å². The first-order chi connectivity index (χ1) is 16.6. The zero-order chi connectivity index (χ0) is 27.3. The Morgan fingerprint density at radius 3 is 2.28 bits per heavy atom. The number of nitrogens with one attached hydrogen (secondary N) is 1. The minimum absolute atomic E-state index is 0.108.